The molecule has 2 aliphatic rings. The molecular formula is C23H29N3O2. The molecular weight excluding hydrogens is 350 g/mol. The Bertz CT molecular complexity index is 815. The third-order valence-electron chi connectivity index (χ3n) is 5.78. The lowest BCUT2D eigenvalue weighted by molar-refractivity contribution is -0.123. The summed E-state index contributed by atoms with van der Waals surface area (Å²) in [5.41, 5.74) is 3.83. The van der Waals surface area contributed by atoms with Crippen LogP contribution in [0.5, 0.6) is 5.75 Å². The molecule has 148 valence electrons. The molecule has 2 aromatic rings. The molecule has 4 rings (SSSR count). The van der Waals surface area contributed by atoms with Gasteiger partial charge in [0, 0.05) is 44.7 Å². The first-order chi connectivity index (χ1) is 13.7. The van der Waals surface area contributed by atoms with E-state index < -0.39 is 0 Å². The van der Waals surface area contributed by atoms with Gasteiger partial charge in [0.05, 0.1) is 19.2 Å². The Morgan fingerprint density at radius 2 is 1.75 bits per heavy atom. The summed E-state index contributed by atoms with van der Waals surface area (Å²) in [6.45, 7) is 8.16. The van der Waals surface area contributed by atoms with Crippen molar-refractivity contribution in [2.45, 2.75) is 25.9 Å². The van der Waals surface area contributed by atoms with Crippen LogP contribution in [-0.2, 0) is 11.3 Å². The number of hydrogen-bond donors (Lipinski definition) is 1. The lowest BCUT2D eigenvalue weighted by atomic mass is 10.0. The highest BCUT2D eigenvalue weighted by Gasteiger charge is 2.24. The first kappa shape index (κ1) is 19.0. The zero-order chi connectivity index (χ0) is 19.3. The highest BCUT2D eigenvalue weighted by atomic mass is 16.5. The van der Waals surface area contributed by atoms with Crippen LogP contribution in [-0.4, -0.2) is 55.0 Å². The Hall–Kier alpha value is -2.37. The first-order valence-corrected chi connectivity index (χ1v) is 10.2. The van der Waals surface area contributed by atoms with Gasteiger partial charge in [-0.25, -0.2) is 0 Å². The number of ether oxygens (including phenoxy) is 1. The summed E-state index contributed by atoms with van der Waals surface area (Å²) in [5, 5.41) is 3.21. The first-order valence-electron chi connectivity index (χ1n) is 10.2. The van der Waals surface area contributed by atoms with Crippen LogP contribution in [0.4, 0.5) is 0 Å². The van der Waals surface area contributed by atoms with E-state index >= 15 is 0 Å². The number of fused-ring (bicyclic) bond motifs is 1. The fourth-order valence-electron chi connectivity index (χ4n) is 4.07. The summed E-state index contributed by atoms with van der Waals surface area (Å²) in [6.07, 6.45) is 0.826. The second kappa shape index (κ2) is 8.76. The van der Waals surface area contributed by atoms with Crippen LogP contribution in [0, 0.1) is 6.92 Å². The van der Waals surface area contributed by atoms with E-state index in [1.807, 2.05) is 24.3 Å². The highest BCUT2D eigenvalue weighted by Crippen LogP contribution is 2.31. The quantitative estimate of drug-likeness (QED) is 0.868. The summed E-state index contributed by atoms with van der Waals surface area (Å²) in [7, 11) is 0. The van der Waals surface area contributed by atoms with Gasteiger partial charge >= 0.3 is 0 Å². The molecule has 2 aromatic carbocycles. The summed E-state index contributed by atoms with van der Waals surface area (Å²) in [4.78, 5) is 17.3. The van der Waals surface area contributed by atoms with Crippen molar-refractivity contribution in [2.75, 3.05) is 39.3 Å². The summed E-state index contributed by atoms with van der Waals surface area (Å²) in [6, 6.07) is 16.6. The lowest BCUT2D eigenvalue weighted by Gasteiger charge is -2.35. The van der Waals surface area contributed by atoms with E-state index in [1.165, 1.54) is 11.1 Å². The van der Waals surface area contributed by atoms with Gasteiger partial charge in [0.1, 0.15) is 5.75 Å². The highest BCUT2D eigenvalue weighted by molar-refractivity contribution is 5.78. The van der Waals surface area contributed by atoms with Gasteiger partial charge in [-0.05, 0) is 24.1 Å². The predicted molar refractivity (Wildman–Crippen MR) is 110 cm³/mol. The monoisotopic (exact) mass is 379 g/mol. The van der Waals surface area contributed by atoms with Crippen LogP contribution in [0.15, 0.2) is 48.5 Å². The van der Waals surface area contributed by atoms with Gasteiger partial charge in [-0.1, -0.05) is 42.5 Å². The number of carbonyl (C=O) groups is 1. The van der Waals surface area contributed by atoms with E-state index in [2.05, 4.69) is 46.3 Å². The largest absolute Gasteiger partial charge is 0.493 e. The number of rotatable bonds is 5. The molecule has 0 aliphatic carbocycles. The molecule has 0 aromatic heterocycles. The number of para-hydroxylation sites is 1. The summed E-state index contributed by atoms with van der Waals surface area (Å²) in [5.74, 6) is 0.998. The fourth-order valence-corrected chi connectivity index (χ4v) is 4.07. The Balaban J connectivity index is 1.25. The second-order valence-electron chi connectivity index (χ2n) is 7.77. The number of carbonyl (C=O) groups excluding carboxylic acids is 1. The summed E-state index contributed by atoms with van der Waals surface area (Å²) >= 11 is 0. The molecule has 5 heteroatoms. The number of amides is 1. The smallest absolute Gasteiger partial charge is 0.234 e. The average Bonchev–Trinajstić information content (AvgIpc) is 2.71. The molecule has 0 saturated carbocycles. The Kier molecular flexibility index (Phi) is 5.93. The van der Waals surface area contributed by atoms with Crippen LogP contribution >= 0.6 is 0 Å². The van der Waals surface area contributed by atoms with Crippen LogP contribution in [0.3, 0.4) is 0 Å². The van der Waals surface area contributed by atoms with E-state index in [-0.39, 0.29) is 11.9 Å². The molecule has 1 amide bonds. The predicted octanol–water partition coefficient (Wildman–Crippen LogP) is 2.75. The number of hydrogen-bond acceptors (Lipinski definition) is 4. The minimum Gasteiger partial charge on any atom is -0.493 e. The zero-order valence-corrected chi connectivity index (χ0v) is 16.6. The number of aryl methyl sites for hydroxylation is 1. The van der Waals surface area contributed by atoms with Crippen LogP contribution < -0.4 is 10.1 Å². The lowest BCUT2D eigenvalue weighted by Crippen LogP contribution is -2.49. The minimum absolute atomic E-state index is 0.0554. The van der Waals surface area contributed by atoms with Crippen molar-refractivity contribution in [2.24, 2.45) is 0 Å². The van der Waals surface area contributed by atoms with Crippen molar-refractivity contribution in [3.05, 3.63) is 65.2 Å². The molecule has 0 radical (unpaired) electrons. The Morgan fingerprint density at radius 3 is 2.57 bits per heavy atom. The van der Waals surface area contributed by atoms with E-state index in [1.54, 1.807) is 0 Å². The number of nitrogens with zero attached hydrogens (tertiary/aromatic N) is 2. The average molecular weight is 380 g/mol. The SMILES string of the molecule is Cc1ccccc1CN1CCN(CC(=O)NC2CCOc3ccccc32)CC1. The van der Waals surface area contributed by atoms with Gasteiger partial charge in [0.2, 0.25) is 5.91 Å². The fraction of sp³-hybridized carbons (Fsp3) is 0.435. The maximum absolute atomic E-state index is 12.6. The molecule has 28 heavy (non-hydrogen) atoms. The van der Waals surface area contributed by atoms with E-state index in [4.69, 9.17) is 4.74 Å². The van der Waals surface area contributed by atoms with Gasteiger partial charge < -0.3 is 10.1 Å². The van der Waals surface area contributed by atoms with Gasteiger partial charge in [-0.3, -0.25) is 14.6 Å². The third-order valence-corrected chi connectivity index (χ3v) is 5.78. The van der Waals surface area contributed by atoms with Crippen molar-refractivity contribution in [3.8, 4) is 5.75 Å². The standard InChI is InChI=1S/C23H29N3O2/c1-18-6-2-3-7-19(18)16-25-11-13-26(14-12-25)17-23(27)24-21-10-15-28-22-9-5-4-8-20(21)22/h2-9,21H,10-17H2,1H3,(H,24,27). The maximum Gasteiger partial charge on any atom is 0.234 e. The number of piperazine rings is 1. The molecule has 1 atom stereocenters. The second-order valence-corrected chi connectivity index (χ2v) is 7.77. The molecule has 1 N–H and O–H groups in total. The molecule has 1 unspecified atom stereocenters. The molecule has 0 bridgehead atoms. The van der Waals surface area contributed by atoms with Crippen molar-refractivity contribution >= 4 is 5.91 Å². The van der Waals surface area contributed by atoms with Crippen LogP contribution in [0.2, 0.25) is 0 Å². The molecule has 2 heterocycles. The molecule has 1 fully saturated rings. The van der Waals surface area contributed by atoms with Crippen LogP contribution in [0.25, 0.3) is 0 Å². The van der Waals surface area contributed by atoms with Crippen molar-refractivity contribution < 1.29 is 9.53 Å². The zero-order valence-electron chi connectivity index (χ0n) is 16.6. The summed E-state index contributed by atoms with van der Waals surface area (Å²) < 4.78 is 5.69. The normalized spacial score (nSPS) is 20.2. The van der Waals surface area contributed by atoms with Gasteiger partial charge in [-0.15, -0.1) is 0 Å². The molecule has 1 saturated heterocycles. The third kappa shape index (κ3) is 4.54. The van der Waals surface area contributed by atoms with Crippen molar-refractivity contribution in [3.63, 3.8) is 0 Å². The van der Waals surface area contributed by atoms with Gasteiger partial charge in [0.25, 0.3) is 0 Å². The van der Waals surface area contributed by atoms with Crippen LogP contribution in [0.1, 0.15) is 29.2 Å². The van der Waals surface area contributed by atoms with E-state index in [0.717, 1.165) is 50.5 Å². The van der Waals surface area contributed by atoms with Crippen molar-refractivity contribution in [1.82, 2.24) is 15.1 Å². The minimum atomic E-state index is 0.0554. The molecule has 0 spiro atoms. The van der Waals surface area contributed by atoms with E-state index in [0.29, 0.717) is 13.2 Å². The van der Waals surface area contributed by atoms with Gasteiger partial charge in [-0.2, -0.15) is 0 Å². The maximum atomic E-state index is 12.6. The van der Waals surface area contributed by atoms with Gasteiger partial charge in [0.15, 0.2) is 0 Å². The number of benzene rings is 2. The number of nitrogens with one attached hydrogen (secondary N) is 1. The molecule has 5 nitrogen and oxygen atoms in total. The Morgan fingerprint density at radius 1 is 1.04 bits per heavy atom. The topological polar surface area (TPSA) is 44.8 Å². The molecule has 2 aliphatic heterocycles. The Labute approximate surface area is 167 Å². The van der Waals surface area contributed by atoms with Crippen molar-refractivity contribution in [1.29, 1.82) is 0 Å². The van der Waals surface area contributed by atoms with E-state index in [9.17, 15) is 4.79 Å².